The van der Waals surface area contributed by atoms with E-state index in [1.807, 2.05) is 0 Å². The van der Waals surface area contributed by atoms with Gasteiger partial charge in [0.15, 0.2) is 0 Å². The second kappa shape index (κ2) is 12.7. The highest BCUT2D eigenvalue weighted by atomic mass is 35.5. The van der Waals surface area contributed by atoms with Gasteiger partial charge in [-0.05, 0) is 19.3 Å². The topological polar surface area (TPSA) is 23.8 Å². The van der Waals surface area contributed by atoms with E-state index in [-0.39, 0.29) is 12.4 Å². The lowest BCUT2D eigenvalue weighted by molar-refractivity contribution is 0.836. The van der Waals surface area contributed by atoms with E-state index in [1.165, 1.54) is 57.0 Å². The summed E-state index contributed by atoms with van der Waals surface area (Å²) in [4.78, 5) is 0. The Hall–Kier alpha value is 0.210. The van der Waals surface area contributed by atoms with E-state index >= 15 is 0 Å². The van der Waals surface area contributed by atoms with Crippen molar-refractivity contribution in [3.8, 4) is 6.07 Å². The molecule has 0 aliphatic carbocycles. The summed E-state index contributed by atoms with van der Waals surface area (Å²) < 4.78 is 0. The zero-order chi connectivity index (χ0) is 12.3. The Kier molecular flexibility index (Phi) is 14.6. The highest BCUT2D eigenvalue weighted by Crippen LogP contribution is 2.60. The van der Waals surface area contributed by atoms with Crippen LogP contribution in [0.25, 0.3) is 0 Å². The maximum atomic E-state index is 9.08. The average Bonchev–Trinajstić information content (AvgIpc) is 2.31. The van der Waals surface area contributed by atoms with E-state index in [0.717, 1.165) is 6.16 Å². The standard InChI is InChI=1S/C14H29NP.ClH/c1-4-7-11-16(14-10-15,12-8-5-2)13-9-6-3;/h4-9,11-14H2,1-3H3;1H/q+1;. The van der Waals surface area contributed by atoms with Crippen molar-refractivity contribution in [2.75, 3.05) is 24.6 Å². The number of nitrogens with zero attached hydrogens (tertiary/aromatic N) is 1. The third-order valence-electron chi connectivity index (χ3n) is 3.36. The minimum Gasteiger partial charge on any atom is -0.194 e. The van der Waals surface area contributed by atoms with E-state index in [1.54, 1.807) is 0 Å². The maximum Gasteiger partial charge on any atom is 0.144 e. The first-order valence-corrected chi connectivity index (χ1v) is 9.49. The van der Waals surface area contributed by atoms with E-state index in [4.69, 9.17) is 5.26 Å². The summed E-state index contributed by atoms with van der Waals surface area (Å²) in [6.45, 7) is 6.79. The predicted molar refractivity (Wildman–Crippen MR) is 84.0 cm³/mol. The van der Waals surface area contributed by atoms with E-state index < -0.39 is 7.26 Å². The molecule has 0 aromatic rings. The molecule has 0 radical (unpaired) electrons. The van der Waals surface area contributed by atoms with Gasteiger partial charge in [0.25, 0.3) is 0 Å². The molecule has 17 heavy (non-hydrogen) atoms. The van der Waals surface area contributed by atoms with Gasteiger partial charge in [0.05, 0.1) is 18.5 Å². The van der Waals surface area contributed by atoms with Crippen LogP contribution in [0.15, 0.2) is 0 Å². The predicted octanol–water partition coefficient (Wildman–Crippen LogP) is 5.35. The zero-order valence-electron chi connectivity index (χ0n) is 11.9. The number of hydrogen-bond donors (Lipinski definition) is 0. The highest BCUT2D eigenvalue weighted by molar-refractivity contribution is 7.76. The Labute approximate surface area is 115 Å². The molecule has 102 valence electrons. The Balaban J connectivity index is 0. The van der Waals surface area contributed by atoms with Crippen LogP contribution < -0.4 is 0 Å². The Morgan fingerprint density at radius 2 is 1.18 bits per heavy atom. The number of halogens is 1. The molecule has 0 aromatic carbocycles. The van der Waals surface area contributed by atoms with Crippen molar-refractivity contribution < 1.29 is 0 Å². The minimum atomic E-state index is -0.907. The molecule has 0 heterocycles. The molecule has 0 aliphatic heterocycles. The number of nitriles is 1. The van der Waals surface area contributed by atoms with E-state index in [0.29, 0.717) is 0 Å². The molecule has 0 bridgehead atoms. The van der Waals surface area contributed by atoms with Crippen molar-refractivity contribution >= 4 is 19.7 Å². The normalized spacial score (nSPS) is 10.7. The van der Waals surface area contributed by atoms with E-state index in [9.17, 15) is 0 Å². The molecule has 0 unspecified atom stereocenters. The van der Waals surface area contributed by atoms with Gasteiger partial charge >= 0.3 is 0 Å². The van der Waals surface area contributed by atoms with Crippen molar-refractivity contribution in [2.24, 2.45) is 0 Å². The highest BCUT2D eigenvalue weighted by Gasteiger charge is 2.34. The smallest absolute Gasteiger partial charge is 0.144 e. The van der Waals surface area contributed by atoms with Crippen molar-refractivity contribution in [1.29, 1.82) is 5.26 Å². The largest absolute Gasteiger partial charge is 0.194 e. The Bertz CT molecular complexity index is 179. The van der Waals surface area contributed by atoms with Crippen LogP contribution >= 0.6 is 19.7 Å². The lowest BCUT2D eigenvalue weighted by Gasteiger charge is -2.25. The molecule has 0 saturated carbocycles. The van der Waals surface area contributed by atoms with Gasteiger partial charge in [0.1, 0.15) is 12.2 Å². The van der Waals surface area contributed by atoms with Crippen LogP contribution in [0, 0.1) is 11.3 Å². The summed E-state index contributed by atoms with van der Waals surface area (Å²) in [5.74, 6) is 0. The van der Waals surface area contributed by atoms with Gasteiger partial charge in [-0.25, -0.2) is 0 Å². The maximum absolute atomic E-state index is 9.08. The number of hydrogen-bond acceptors (Lipinski definition) is 1. The van der Waals surface area contributed by atoms with Gasteiger partial charge < -0.3 is 0 Å². The van der Waals surface area contributed by atoms with Gasteiger partial charge in [-0.2, -0.15) is 5.26 Å². The summed E-state index contributed by atoms with van der Waals surface area (Å²) in [5, 5.41) is 9.08. The van der Waals surface area contributed by atoms with Crippen molar-refractivity contribution in [3.63, 3.8) is 0 Å². The fourth-order valence-corrected chi connectivity index (χ4v) is 6.61. The van der Waals surface area contributed by atoms with Crippen LogP contribution in [0.1, 0.15) is 59.3 Å². The third kappa shape index (κ3) is 8.87. The number of unbranched alkanes of at least 4 members (excludes halogenated alkanes) is 3. The minimum absolute atomic E-state index is 0. The molecular formula is C14H30ClNP+. The van der Waals surface area contributed by atoms with Crippen molar-refractivity contribution in [3.05, 3.63) is 0 Å². The Morgan fingerprint density at radius 3 is 1.41 bits per heavy atom. The third-order valence-corrected chi connectivity index (χ3v) is 7.97. The summed E-state index contributed by atoms with van der Waals surface area (Å²) in [6, 6.07) is 2.48. The van der Waals surface area contributed by atoms with Gasteiger partial charge in [-0.3, -0.25) is 0 Å². The van der Waals surface area contributed by atoms with Crippen LogP contribution in [0.2, 0.25) is 0 Å². The number of rotatable bonds is 10. The summed E-state index contributed by atoms with van der Waals surface area (Å²) >= 11 is 0. The van der Waals surface area contributed by atoms with Crippen molar-refractivity contribution in [2.45, 2.75) is 59.3 Å². The second-order valence-electron chi connectivity index (χ2n) is 4.89. The molecule has 0 aliphatic rings. The summed E-state index contributed by atoms with van der Waals surface area (Å²) in [7, 11) is -0.907. The van der Waals surface area contributed by atoms with Gasteiger partial charge in [-0.15, -0.1) is 12.4 Å². The molecule has 0 saturated heterocycles. The first-order chi connectivity index (χ1) is 7.74. The van der Waals surface area contributed by atoms with Gasteiger partial charge in [0.2, 0.25) is 0 Å². The molecule has 3 heteroatoms. The first kappa shape index (κ1) is 19.5. The summed E-state index contributed by atoms with van der Waals surface area (Å²) in [6.07, 6.45) is 12.9. The molecule has 0 amide bonds. The first-order valence-electron chi connectivity index (χ1n) is 6.96. The molecule has 0 fully saturated rings. The van der Waals surface area contributed by atoms with Gasteiger partial charge in [-0.1, -0.05) is 40.0 Å². The van der Waals surface area contributed by atoms with Crippen LogP contribution in [0.5, 0.6) is 0 Å². The van der Waals surface area contributed by atoms with Crippen LogP contribution in [-0.4, -0.2) is 24.6 Å². The quantitative estimate of drug-likeness (QED) is 0.494. The molecule has 0 N–H and O–H groups in total. The van der Waals surface area contributed by atoms with E-state index in [2.05, 4.69) is 26.8 Å². The molecule has 0 spiro atoms. The average molecular weight is 279 g/mol. The summed E-state index contributed by atoms with van der Waals surface area (Å²) in [5.41, 5.74) is 0. The van der Waals surface area contributed by atoms with Crippen LogP contribution in [0.3, 0.4) is 0 Å². The molecule has 0 atom stereocenters. The zero-order valence-corrected chi connectivity index (χ0v) is 13.6. The lowest BCUT2D eigenvalue weighted by Crippen LogP contribution is -2.11. The lowest BCUT2D eigenvalue weighted by atomic mass is 10.4. The van der Waals surface area contributed by atoms with Gasteiger partial charge in [0, 0.05) is 7.26 Å². The van der Waals surface area contributed by atoms with Crippen LogP contribution in [-0.2, 0) is 0 Å². The molecular weight excluding hydrogens is 249 g/mol. The fourth-order valence-electron chi connectivity index (χ4n) is 2.20. The SMILES string of the molecule is CCCC[P+](CC#N)(CCCC)CCCC.Cl. The fraction of sp³-hybridized carbons (Fsp3) is 0.929. The van der Waals surface area contributed by atoms with Crippen molar-refractivity contribution in [1.82, 2.24) is 0 Å². The second-order valence-corrected chi connectivity index (χ2v) is 9.23. The molecule has 0 aromatic heterocycles. The molecule has 1 nitrogen and oxygen atoms in total. The van der Waals surface area contributed by atoms with Crippen LogP contribution in [0.4, 0.5) is 0 Å². The Morgan fingerprint density at radius 1 is 0.824 bits per heavy atom. The molecule has 0 rings (SSSR count). The monoisotopic (exact) mass is 278 g/mol.